The third-order valence-corrected chi connectivity index (χ3v) is 4.20. The van der Waals surface area contributed by atoms with Gasteiger partial charge in [0.05, 0.1) is 25.4 Å². The first-order chi connectivity index (χ1) is 11.7. The van der Waals surface area contributed by atoms with Crippen molar-refractivity contribution in [1.29, 1.82) is 0 Å². The van der Waals surface area contributed by atoms with Crippen LogP contribution in [0.15, 0.2) is 60.7 Å². The molecule has 4 heteroatoms. The maximum Gasteiger partial charge on any atom is 0.201 e. The summed E-state index contributed by atoms with van der Waals surface area (Å²) in [5.41, 5.74) is 2.14. The van der Waals surface area contributed by atoms with E-state index in [1.165, 1.54) is 0 Å². The topological polar surface area (TPSA) is 27.7 Å². The highest BCUT2D eigenvalue weighted by atomic mass is 19.1. The molecule has 1 aliphatic heterocycles. The van der Waals surface area contributed by atoms with Gasteiger partial charge >= 0.3 is 0 Å². The number of hydrogen-bond donors (Lipinski definition) is 0. The van der Waals surface area contributed by atoms with Crippen molar-refractivity contribution >= 4 is 0 Å². The van der Waals surface area contributed by atoms with Crippen LogP contribution in [0.25, 0.3) is 0 Å². The smallest absolute Gasteiger partial charge is 0.201 e. The molecule has 1 fully saturated rings. The number of ether oxygens (including phenoxy) is 3. The lowest BCUT2D eigenvalue weighted by molar-refractivity contribution is -0.229. The van der Waals surface area contributed by atoms with Crippen molar-refractivity contribution < 1.29 is 18.6 Å². The molecule has 1 heterocycles. The van der Waals surface area contributed by atoms with E-state index in [9.17, 15) is 4.39 Å². The molecule has 4 atom stereocenters. The monoisotopic (exact) mass is 330 g/mol. The summed E-state index contributed by atoms with van der Waals surface area (Å²) in [7, 11) is 0. The fourth-order valence-corrected chi connectivity index (χ4v) is 2.93. The minimum absolute atomic E-state index is 0.191. The Morgan fingerprint density at radius 3 is 2.04 bits per heavy atom. The van der Waals surface area contributed by atoms with Gasteiger partial charge in [-0.1, -0.05) is 60.7 Å². The Hall–Kier alpha value is -1.75. The van der Waals surface area contributed by atoms with E-state index < -0.39 is 6.36 Å². The number of rotatable bonds is 6. The van der Waals surface area contributed by atoms with Crippen molar-refractivity contribution in [2.24, 2.45) is 0 Å². The first kappa shape index (κ1) is 17.1. The normalized spacial score (nSPS) is 27.1. The van der Waals surface area contributed by atoms with Gasteiger partial charge in [0, 0.05) is 6.42 Å². The van der Waals surface area contributed by atoms with E-state index in [0.29, 0.717) is 13.2 Å². The van der Waals surface area contributed by atoms with Gasteiger partial charge in [-0.15, -0.1) is 0 Å². The van der Waals surface area contributed by atoms with Gasteiger partial charge in [-0.2, -0.15) is 0 Å². The fourth-order valence-electron chi connectivity index (χ4n) is 2.93. The molecule has 0 aliphatic carbocycles. The van der Waals surface area contributed by atoms with Crippen molar-refractivity contribution in [2.45, 2.75) is 51.2 Å². The van der Waals surface area contributed by atoms with Crippen molar-refractivity contribution in [1.82, 2.24) is 0 Å². The summed E-state index contributed by atoms with van der Waals surface area (Å²) < 4.78 is 31.1. The first-order valence-corrected chi connectivity index (χ1v) is 8.33. The molecule has 24 heavy (non-hydrogen) atoms. The molecule has 0 bridgehead atoms. The molecule has 0 N–H and O–H groups in total. The summed E-state index contributed by atoms with van der Waals surface area (Å²) in [5.74, 6) is 0. The molecular formula is C20H23FO3. The third kappa shape index (κ3) is 4.63. The molecule has 0 unspecified atom stereocenters. The van der Waals surface area contributed by atoms with Crippen LogP contribution in [0.5, 0.6) is 0 Å². The molecule has 1 saturated heterocycles. The molecule has 3 nitrogen and oxygen atoms in total. The molecule has 0 saturated carbocycles. The van der Waals surface area contributed by atoms with Gasteiger partial charge < -0.3 is 14.2 Å². The molecule has 2 aromatic rings. The predicted octanol–water partition coefficient (Wildman–Crippen LogP) is 4.26. The van der Waals surface area contributed by atoms with Gasteiger partial charge in [0.15, 0.2) is 0 Å². The molecule has 3 rings (SSSR count). The average molecular weight is 330 g/mol. The fraction of sp³-hybridized carbons (Fsp3) is 0.400. The Morgan fingerprint density at radius 1 is 0.917 bits per heavy atom. The van der Waals surface area contributed by atoms with Crippen molar-refractivity contribution in [3.05, 3.63) is 71.8 Å². The second kappa shape index (κ2) is 8.38. The Kier molecular flexibility index (Phi) is 5.96. The van der Waals surface area contributed by atoms with Gasteiger partial charge in [0.25, 0.3) is 0 Å². The van der Waals surface area contributed by atoms with Crippen molar-refractivity contribution in [2.75, 3.05) is 0 Å². The number of alkyl halides is 1. The van der Waals surface area contributed by atoms with Crippen LogP contribution in [0.3, 0.4) is 0 Å². The summed E-state index contributed by atoms with van der Waals surface area (Å²) in [4.78, 5) is 0. The van der Waals surface area contributed by atoms with Gasteiger partial charge in [-0.3, -0.25) is 0 Å². The van der Waals surface area contributed by atoms with Crippen LogP contribution in [-0.4, -0.2) is 24.7 Å². The van der Waals surface area contributed by atoms with Crippen molar-refractivity contribution in [3.63, 3.8) is 0 Å². The molecular weight excluding hydrogens is 307 g/mol. The SMILES string of the molecule is C[C@@H]1O[C@@H](F)C[C@H](OCc2ccccc2)[C@@H]1OCc1ccccc1. The van der Waals surface area contributed by atoms with Crippen LogP contribution in [-0.2, 0) is 27.4 Å². The highest BCUT2D eigenvalue weighted by Crippen LogP contribution is 2.27. The van der Waals surface area contributed by atoms with E-state index in [4.69, 9.17) is 14.2 Å². The van der Waals surface area contributed by atoms with E-state index in [2.05, 4.69) is 0 Å². The quantitative estimate of drug-likeness (QED) is 0.792. The zero-order valence-electron chi connectivity index (χ0n) is 13.8. The van der Waals surface area contributed by atoms with E-state index in [-0.39, 0.29) is 24.7 Å². The van der Waals surface area contributed by atoms with Crippen LogP contribution < -0.4 is 0 Å². The Balaban J connectivity index is 1.61. The lowest BCUT2D eigenvalue weighted by Crippen LogP contribution is -2.48. The van der Waals surface area contributed by atoms with Crippen LogP contribution in [0.4, 0.5) is 4.39 Å². The molecule has 0 aromatic heterocycles. The summed E-state index contributed by atoms with van der Waals surface area (Å²) >= 11 is 0. The van der Waals surface area contributed by atoms with Crippen LogP contribution in [0.2, 0.25) is 0 Å². The predicted molar refractivity (Wildman–Crippen MR) is 90.1 cm³/mol. The molecule has 0 spiro atoms. The van der Waals surface area contributed by atoms with Gasteiger partial charge in [0.1, 0.15) is 6.10 Å². The lowest BCUT2D eigenvalue weighted by Gasteiger charge is -2.37. The molecule has 1 aliphatic rings. The third-order valence-electron chi connectivity index (χ3n) is 4.20. The van der Waals surface area contributed by atoms with E-state index >= 15 is 0 Å². The summed E-state index contributed by atoms with van der Waals surface area (Å²) in [6, 6.07) is 19.8. The van der Waals surface area contributed by atoms with Crippen molar-refractivity contribution in [3.8, 4) is 0 Å². The standard InChI is InChI=1S/C20H23FO3/c1-15-20(23-14-17-10-6-3-7-11-17)18(12-19(21)24-15)22-13-16-8-4-2-5-9-16/h2-11,15,18-20H,12-14H2,1H3/t15-,18-,19+,20+/m0/s1. The van der Waals surface area contributed by atoms with E-state index in [0.717, 1.165) is 11.1 Å². The molecule has 128 valence electrons. The summed E-state index contributed by atoms with van der Waals surface area (Å²) in [5, 5.41) is 0. The maximum absolute atomic E-state index is 13.8. The average Bonchev–Trinajstić information content (AvgIpc) is 2.61. The number of benzene rings is 2. The van der Waals surface area contributed by atoms with Gasteiger partial charge in [0.2, 0.25) is 6.36 Å². The van der Waals surface area contributed by atoms with Crippen LogP contribution >= 0.6 is 0 Å². The highest BCUT2D eigenvalue weighted by Gasteiger charge is 2.38. The Morgan fingerprint density at radius 2 is 1.46 bits per heavy atom. The molecule has 2 aromatic carbocycles. The Bertz CT molecular complexity index is 605. The second-order valence-electron chi connectivity index (χ2n) is 6.08. The zero-order chi connectivity index (χ0) is 16.8. The lowest BCUT2D eigenvalue weighted by atomic mass is 10.0. The van der Waals surface area contributed by atoms with Crippen LogP contribution in [0, 0.1) is 0 Å². The number of hydrogen-bond acceptors (Lipinski definition) is 3. The first-order valence-electron chi connectivity index (χ1n) is 8.33. The minimum Gasteiger partial charge on any atom is -0.371 e. The molecule has 0 amide bonds. The number of halogens is 1. The zero-order valence-corrected chi connectivity index (χ0v) is 13.8. The van der Waals surface area contributed by atoms with Gasteiger partial charge in [-0.05, 0) is 18.1 Å². The largest absolute Gasteiger partial charge is 0.371 e. The van der Waals surface area contributed by atoms with Gasteiger partial charge in [-0.25, -0.2) is 4.39 Å². The summed E-state index contributed by atoms with van der Waals surface area (Å²) in [6.45, 7) is 2.73. The second-order valence-corrected chi connectivity index (χ2v) is 6.08. The Labute approximate surface area is 142 Å². The molecule has 0 radical (unpaired) electrons. The minimum atomic E-state index is -1.31. The maximum atomic E-state index is 13.8. The van der Waals surface area contributed by atoms with E-state index in [1.54, 1.807) is 0 Å². The summed E-state index contributed by atoms with van der Waals surface area (Å²) in [6.07, 6.45) is -2.08. The van der Waals surface area contributed by atoms with Crippen LogP contribution in [0.1, 0.15) is 24.5 Å². The van der Waals surface area contributed by atoms with E-state index in [1.807, 2.05) is 67.6 Å². The highest BCUT2D eigenvalue weighted by molar-refractivity contribution is 5.14.